The quantitative estimate of drug-likeness (QED) is 0.806. The van der Waals surface area contributed by atoms with Crippen molar-refractivity contribution in [3.63, 3.8) is 0 Å². The lowest BCUT2D eigenvalue weighted by Crippen LogP contribution is -2.43. The maximum Gasteiger partial charge on any atom is 0.261 e. The van der Waals surface area contributed by atoms with Gasteiger partial charge in [-0.25, -0.2) is 4.98 Å². The highest BCUT2D eigenvalue weighted by Crippen LogP contribution is 2.16. The molecule has 1 saturated heterocycles. The molecule has 0 bridgehead atoms. The predicted octanol–water partition coefficient (Wildman–Crippen LogP) is 0.998. The highest BCUT2D eigenvalue weighted by atomic mass is 16.5. The maximum atomic E-state index is 12.1. The molecule has 0 spiro atoms. The Morgan fingerprint density at radius 3 is 2.91 bits per heavy atom. The zero-order chi connectivity index (χ0) is 16.1. The van der Waals surface area contributed by atoms with Crippen LogP contribution in [0, 0.1) is 0 Å². The van der Waals surface area contributed by atoms with E-state index in [0.717, 1.165) is 51.3 Å². The Bertz CT molecular complexity index is 707. The van der Waals surface area contributed by atoms with Crippen LogP contribution in [-0.2, 0) is 7.05 Å². The number of nitrogens with one attached hydrogen (secondary N) is 1. The van der Waals surface area contributed by atoms with E-state index in [9.17, 15) is 4.79 Å². The van der Waals surface area contributed by atoms with Crippen LogP contribution < -0.4 is 15.6 Å². The summed E-state index contributed by atoms with van der Waals surface area (Å²) in [6, 6.07) is 5.51. The number of benzene rings is 1. The average Bonchev–Trinajstić information content (AvgIpc) is 2.59. The Balaban J connectivity index is 1.49. The molecule has 1 aromatic carbocycles. The summed E-state index contributed by atoms with van der Waals surface area (Å²) in [6.45, 7) is 6.28. The molecule has 6 heteroatoms. The fourth-order valence-corrected chi connectivity index (χ4v) is 2.84. The summed E-state index contributed by atoms with van der Waals surface area (Å²) in [7, 11) is 1.71. The van der Waals surface area contributed by atoms with Crippen molar-refractivity contribution in [2.75, 3.05) is 39.3 Å². The monoisotopic (exact) mass is 316 g/mol. The molecular weight excluding hydrogens is 292 g/mol. The molecule has 6 nitrogen and oxygen atoms in total. The van der Waals surface area contributed by atoms with Gasteiger partial charge in [-0.15, -0.1) is 0 Å². The summed E-state index contributed by atoms with van der Waals surface area (Å²) in [6.07, 6.45) is 3.70. The molecular formula is C17H24N4O2. The summed E-state index contributed by atoms with van der Waals surface area (Å²) < 4.78 is 7.28. The Morgan fingerprint density at radius 2 is 2.09 bits per heavy atom. The van der Waals surface area contributed by atoms with Gasteiger partial charge in [0, 0.05) is 33.2 Å². The first-order valence-corrected chi connectivity index (χ1v) is 8.25. The molecule has 0 aliphatic carbocycles. The van der Waals surface area contributed by atoms with Gasteiger partial charge in [-0.3, -0.25) is 4.79 Å². The summed E-state index contributed by atoms with van der Waals surface area (Å²) in [4.78, 5) is 18.8. The van der Waals surface area contributed by atoms with Crippen molar-refractivity contribution < 1.29 is 4.74 Å². The Kier molecular flexibility index (Phi) is 5.25. The molecule has 0 atom stereocenters. The molecule has 0 unspecified atom stereocenters. The number of hydrogen-bond donors (Lipinski definition) is 1. The lowest BCUT2D eigenvalue weighted by Gasteiger charge is -2.26. The molecule has 1 N–H and O–H groups in total. The summed E-state index contributed by atoms with van der Waals surface area (Å²) in [5, 5.41) is 3.97. The van der Waals surface area contributed by atoms with Crippen LogP contribution >= 0.6 is 0 Å². The highest BCUT2D eigenvalue weighted by molar-refractivity contribution is 5.78. The van der Waals surface area contributed by atoms with E-state index in [1.54, 1.807) is 19.4 Å². The number of ether oxygens (including phenoxy) is 1. The van der Waals surface area contributed by atoms with Crippen molar-refractivity contribution in [1.29, 1.82) is 0 Å². The standard InChI is InChI=1S/C17H24N4O2/c1-20-13-19-16-5-4-14(12-15(16)17(20)22)23-11-3-2-8-21-9-6-18-7-10-21/h4-5,12-13,18H,2-3,6-11H2,1H3. The number of fused-ring (bicyclic) bond motifs is 1. The first kappa shape index (κ1) is 16.0. The molecule has 1 aromatic heterocycles. The van der Waals surface area contributed by atoms with E-state index in [-0.39, 0.29) is 5.56 Å². The van der Waals surface area contributed by atoms with E-state index in [4.69, 9.17) is 4.74 Å². The van der Waals surface area contributed by atoms with Crippen LogP contribution in [0.3, 0.4) is 0 Å². The zero-order valence-corrected chi connectivity index (χ0v) is 13.6. The van der Waals surface area contributed by atoms with E-state index >= 15 is 0 Å². The van der Waals surface area contributed by atoms with Gasteiger partial charge in [0.1, 0.15) is 5.75 Å². The smallest absolute Gasteiger partial charge is 0.261 e. The molecule has 2 aromatic rings. The van der Waals surface area contributed by atoms with Gasteiger partial charge < -0.3 is 19.5 Å². The topological polar surface area (TPSA) is 59.4 Å². The Morgan fingerprint density at radius 1 is 1.26 bits per heavy atom. The Labute approximate surface area is 136 Å². The molecule has 1 fully saturated rings. The van der Waals surface area contributed by atoms with Crippen molar-refractivity contribution in [3.8, 4) is 5.75 Å². The van der Waals surface area contributed by atoms with Crippen molar-refractivity contribution in [2.24, 2.45) is 7.05 Å². The fourth-order valence-electron chi connectivity index (χ4n) is 2.84. The van der Waals surface area contributed by atoms with Crippen molar-refractivity contribution >= 4 is 10.9 Å². The van der Waals surface area contributed by atoms with Gasteiger partial charge in [-0.2, -0.15) is 0 Å². The minimum Gasteiger partial charge on any atom is -0.494 e. The molecule has 23 heavy (non-hydrogen) atoms. The van der Waals surface area contributed by atoms with Gasteiger partial charge in [0.2, 0.25) is 0 Å². The van der Waals surface area contributed by atoms with Gasteiger partial charge in [0.15, 0.2) is 0 Å². The number of hydrogen-bond acceptors (Lipinski definition) is 5. The van der Waals surface area contributed by atoms with Gasteiger partial charge in [0.05, 0.1) is 23.8 Å². The van der Waals surface area contributed by atoms with Crippen LogP contribution in [0.5, 0.6) is 5.75 Å². The lowest BCUT2D eigenvalue weighted by atomic mass is 10.2. The minimum absolute atomic E-state index is 0.0424. The number of unbranched alkanes of at least 4 members (excludes halogenated alkanes) is 1. The van der Waals surface area contributed by atoms with Crippen LogP contribution in [0.4, 0.5) is 0 Å². The van der Waals surface area contributed by atoms with Gasteiger partial charge in [0.25, 0.3) is 5.56 Å². The van der Waals surface area contributed by atoms with Crippen LogP contribution in [0.15, 0.2) is 29.3 Å². The first-order valence-electron chi connectivity index (χ1n) is 8.25. The van der Waals surface area contributed by atoms with Gasteiger partial charge in [-0.05, 0) is 37.6 Å². The molecule has 0 amide bonds. The number of rotatable bonds is 6. The second kappa shape index (κ2) is 7.57. The molecule has 2 heterocycles. The van der Waals surface area contributed by atoms with Crippen LogP contribution in [0.1, 0.15) is 12.8 Å². The third-order valence-electron chi connectivity index (χ3n) is 4.24. The number of aryl methyl sites for hydroxylation is 1. The Hall–Kier alpha value is -1.92. The van der Waals surface area contributed by atoms with E-state index in [1.807, 2.05) is 12.1 Å². The van der Waals surface area contributed by atoms with Crippen molar-refractivity contribution in [1.82, 2.24) is 19.8 Å². The SMILES string of the molecule is Cn1cnc2ccc(OCCCCN3CCNCC3)cc2c1=O. The van der Waals surface area contributed by atoms with Gasteiger partial charge >= 0.3 is 0 Å². The normalized spacial score (nSPS) is 15.9. The van der Waals surface area contributed by atoms with E-state index < -0.39 is 0 Å². The van der Waals surface area contributed by atoms with Crippen molar-refractivity contribution in [3.05, 3.63) is 34.9 Å². The highest BCUT2D eigenvalue weighted by Gasteiger charge is 2.08. The largest absolute Gasteiger partial charge is 0.494 e. The van der Waals surface area contributed by atoms with Crippen LogP contribution in [-0.4, -0.2) is 53.8 Å². The second-order valence-corrected chi connectivity index (χ2v) is 5.99. The second-order valence-electron chi connectivity index (χ2n) is 5.99. The number of nitrogens with zero attached hydrogens (tertiary/aromatic N) is 3. The first-order chi connectivity index (χ1) is 11.2. The fraction of sp³-hybridized carbons (Fsp3) is 0.529. The average molecular weight is 316 g/mol. The van der Waals surface area contributed by atoms with Gasteiger partial charge in [-0.1, -0.05) is 0 Å². The van der Waals surface area contributed by atoms with E-state index in [0.29, 0.717) is 17.5 Å². The molecule has 1 aliphatic rings. The van der Waals surface area contributed by atoms with E-state index in [1.165, 1.54) is 4.57 Å². The summed E-state index contributed by atoms with van der Waals surface area (Å²) in [5.74, 6) is 0.741. The molecule has 0 saturated carbocycles. The molecule has 3 rings (SSSR count). The molecule has 124 valence electrons. The summed E-state index contributed by atoms with van der Waals surface area (Å²) >= 11 is 0. The molecule has 0 radical (unpaired) electrons. The van der Waals surface area contributed by atoms with Crippen molar-refractivity contribution in [2.45, 2.75) is 12.8 Å². The third-order valence-corrected chi connectivity index (χ3v) is 4.24. The lowest BCUT2D eigenvalue weighted by molar-refractivity contribution is 0.226. The maximum absolute atomic E-state index is 12.1. The minimum atomic E-state index is -0.0424. The zero-order valence-electron chi connectivity index (χ0n) is 13.6. The summed E-state index contributed by atoms with van der Waals surface area (Å²) in [5.41, 5.74) is 0.665. The number of aromatic nitrogens is 2. The molecule has 1 aliphatic heterocycles. The van der Waals surface area contributed by atoms with Crippen LogP contribution in [0.25, 0.3) is 10.9 Å². The predicted molar refractivity (Wildman–Crippen MR) is 91.0 cm³/mol. The number of piperazine rings is 1. The van der Waals surface area contributed by atoms with E-state index in [2.05, 4.69) is 15.2 Å². The third kappa shape index (κ3) is 4.09. The van der Waals surface area contributed by atoms with Crippen LogP contribution in [0.2, 0.25) is 0 Å².